The normalized spacial score (nSPS) is 41.2. The lowest BCUT2D eigenvalue weighted by atomic mass is 9.48. The van der Waals surface area contributed by atoms with Crippen molar-refractivity contribution in [3.63, 3.8) is 0 Å². The highest BCUT2D eigenvalue weighted by Crippen LogP contribution is 2.62. The molecule has 0 amide bonds. The Morgan fingerprint density at radius 3 is 2.48 bits per heavy atom. The summed E-state index contributed by atoms with van der Waals surface area (Å²) in [5.41, 5.74) is 3.71. The summed E-state index contributed by atoms with van der Waals surface area (Å²) in [5.74, 6) is 1.32. The third-order valence-electron chi connectivity index (χ3n) is 7.00. The molecular formula is C20H32O3. The predicted molar refractivity (Wildman–Crippen MR) is 92.0 cm³/mol. The Morgan fingerprint density at radius 1 is 1.17 bits per heavy atom. The molecule has 0 spiro atoms. The van der Waals surface area contributed by atoms with Crippen LogP contribution in [0.2, 0.25) is 0 Å². The van der Waals surface area contributed by atoms with Gasteiger partial charge in [-0.25, -0.2) is 0 Å². The molecule has 1 fully saturated rings. The average Bonchev–Trinajstić information content (AvgIpc) is 2.46. The summed E-state index contributed by atoms with van der Waals surface area (Å²) >= 11 is 0. The van der Waals surface area contributed by atoms with Gasteiger partial charge in [-0.2, -0.15) is 0 Å². The van der Waals surface area contributed by atoms with Gasteiger partial charge in [0.15, 0.2) is 0 Å². The molecule has 130 valence electrons. The van der Waals surface area contributed by atoms with Crippen molar-refractivity contribution in [2.45, 2.75) is 72.3 Å². The van der Waals surface area contributed by atoms with Crippen LogP contribution in [0.25, 0.3) is 0 Å². The Bertz CT molecular complexity index is 559. The topological polar surface area (TPSA) is 60.7 Å². The van der Waals surface area contributed by atoms with Crippen LogP contribution in [0.4, 0.5) is 0 Å². The first-order valence-electron chi connectivity index (χ1n) is 9.12. The third-order valence-corrected chi connectivity index (χ3v) is 7.00. The van der Waals surface area contributed by atoms with Crippen LogP contribution in [0.1, 0.15) is 66.2 Å². The lowest BCUT2D eigenvalue weighted by Gasteiger charge is -2.57. The quantitative estimate of drug-likeness (QED) is 0.671. The number of aliphatic hydroxyl groups is 3. The van der Waals surface area contributed by atoms with E-state index in [2.05, 4.69) is 27.7 Å². The van der Waals surface area contributed by atoms with Crippen molar-refractivity contribution in [2.75, 3.05) is 6.61 Å². The fourth-order valence-corrected chi connectivity index (χ4v) is 5.87. The van der Waals surface area contributed by atoms with Gasteiger partial charge in [0, 0.05) is 13.0 Å². The van der Waals surface area contributed by atoms with E-state index >= 15 is 0 Å². The van der Waals surface area contributed by atoms with Gasteiger partial charge in [0.2, 0.25) is 0 Å². The van der Waals surface area contributed by atoms with Gasteiger partial charge in [-0.05, 0) is 60.3 Å². The molecule has 0 saturated heterocycles. The summed E-state index contributed by atoms with van der Waals surface area (Å²) < 4.78 is 0. The molecule has 0 aromatic heterocycles. The van der Waals surface area contributed by atoms with E-state index in [4.69, 9.17) is 0 Å². The zero-order chi connectivity index (χ0) is 17.0. The van der Waals surface area contributed by atoms with Gasteiger partial charge in [-0.3, -0.25) is 0 Å². The minimum absolute atomic E-state index is 0.0980. The van der Waals surface area contributed by atoms with Crippen molar-refractivity contribution in [2.24, 2.45) is 22.7 Å². The van der Waals surface area contributed by atoms with E-state index in [1.807, 2.05) is 0 Å². The third kappa shape index (κ3) is 2.56. The number of fused-ring (bicyclic) bond motifs is 2. The molecule has 3 heteroatoms. The van der Waals surface area contributed by atoms with Gasteiger partial charge in [0.25, 0.3) is 0 Å². The number of allylic oxidation sites excluding steroid dienone is 3. The molecule has 3 aliphatic rings. The van der Waals surface area contributed by atoms with Gasteiger partial charge < -0.3 is 15.3 Å². The number of hydrogen-bond donors (Lipinski definition) is 3. The van der Waals surface area contributed by atoms with E-state index in [1.54, 1.807) is 0 Å². The summed E-state index contributed by atoms with van der Waals surface area (Å²) in [6, 6.07) is 0. The Labute approximate surface area is 140 Å². The monoisotopic (exact) mass is 320 g/mol. The molecule has 1 saturated carbocycles. The van der Waals surface area contributed by atoms with Crippen molar-refractivity contribution in [1.82, 2.24) is 0 Å². The second-order valence-electron chi connectivity index (χ2n) is 8.95. The Balaban J connectivity index is 2.00. The van der Waals surface area contributed by atoms with Crippen LogP contribution in [-0.4, -0.2) is 28.0 Å². The number of rotatable bonds is 2. The first-order chi connectivity index (χ1) is 10.7. The second kappa shape index (κ2) is 5.63. The van der Waals surface area contributed by atoms with Crippen LogP contribution in [0.5, 0.6) is 0 Å². The first kappa shape index (κ1) is 17.0. The fraction of sp³-hybridized carbons (Fsp3) is 0.800. The molecular weight excluding hydrogens is 288 g/mol. The Kier molecular flexibility index (Phi) is 4.17. The molecule has 3 nitrogen and oxygen atoms in total. The second-order valence-corrected chi connectivity index (χ2v) is 8.95. The summed E-state index contributed by atoms with van der Waals surface area (Å²) in [6.07, 6.45) is 4.78. The highest BCUT2D eigenvalue weighted by molar-refractivity contribution is 5.39. The van der Waals surface area contributed by atoms with Crippen LogP contribution in [0, 0.1) is 22.7 Å². The van der Waals surface area contributed by atoms with Crippen molar-refractivity contribution in [1.29, 1.82) is 0 Å². The van der Waals surface area contributed by atoms with Gasteiger partial charge in [0.05, 0.1) is 11.9 Å². The average molecular weight is 320 g/mol. The fourth-order valence-electron chi connectivity index (χ4n) is 5.87. The molecule has 0 aromatic carbocycles. The van der Waals surface area contributed by atoms with E-state index in [0.717, 1.165) is 25.7 Å². The van der Waals surface area contributed by atoms with E-state index in [1.165, 1.54) is 16.7 Å². The van der Waals surface area contributed by atoms with E-state index < -0.39 is 0 Å². The minimum Gasteiger partial charge on any atom is -0.512 e. The predicted octanol–water partition coefficient (Wildman–Crippen LogP) is 4.11. The molecule has 23 heavy (non-hydrogen) atoms. The lowest BCUT2D eigenvalue weighted by molar-refractivity contribution is -0.0920. The molecule has 0 bridgehead atoms. The van der Waals surface area contributed by atoms with Gasteiger partial charge in [0.1, 0.15) is 0 Å². The molecule has 3 rings (SSSR count). The lowest BCUT2D eigenvalue weighted by Crippen LogP contribution is -2.52. The maximum Gasteiger partial charge on any atom is 0.0961 e. The number of aliphatic hydroxyl groups excluding tert-OH is 3. The summed E-state index contributed by atoms with van der Waals surface area (Å²) in [6.45, 7) is 8.82. The summed E-state index contributed by atoms with van der Waals surface area (Å²) in [4.78, 5) is 0. The minimum atomic E-state index is -0.363. The largest absolute Gasteiger partial charge is 0.512 e. The Morgan fingerprint density at radius 2 is 1.87 bits per heavy atom. The standard InChI is InChI=1S/C20H32O3/c1-12(2)15-7-13-5-6-18-19(3,11-21)9-14(22)10-20(18,4)16(13)8-17(15)23/h12,14,18,21-23H,5-11H2,1-4H3/t14-,18?,19?,20+/m0/s1. The van der Waals surface area contributed by atoms with Crippen LogP contribution in [-0.2, 0) is 0 Å². The molecule has 2 unspecified atom stereocenters. The van der Waals surface area contributed by atoms with Crippen LogP contribution >= 0.6 is 0 Å². The van der Waals surface area contributed by atoms with Crippen LogP contribution in [0.15, 0.2) is 22.5 Å². The van der Waals surface area contributed by atoms with Crippen LogP contribution in [0.3, 0.4) is 0 Å². The number of hydrogen-bond acceptors (Lipinski definition) is 3. The highest BCUT2D eigenvalue weighted by Gasteiger charge is 2.55. The summed E-state index contributed by atoms with van der Waals surface area (Å²) in [5, 5.41) is 31.0. The maximum atomic E-state index is 10.6. The molecule has 0 radical (unpaired) electrons. The zero-order valence-electron chi connectivity index (χ0n) is 15.0. The van der Waals surface area contributed by atoms with Crippen LogP contribution < -0.4 is 0 Å². The van der Waals surface area contributed by atoms with Crippen molar-refractivity contribution in [3.05, 3.63) is 22.5 Å². The van der Waals surface area contributed by atoms with Gasteiger partial charge in [-0.15, -0.1) is 0 Å². The zero-order valence-corrected chi connectivity index (χ0v) is 15.0. The van der Waals surface area contributed by atoms with Gasteiger partial charge in [-0.1, -0.05) is 38.8 Å². The molecule has 0 heterocycles. The smallest absolute Gasteiger partial charge is 0.0961 e. The van der Waals surface area contributed by atoms with Crippen molar-refractivity contribution >= 4 is 0 Å². The van der Waals surface area contributed by atoms with Gasteiger partial charge >= 0.3 is 0 Å². The molecule has 3 N–H and O–H groups in total. The van der Waals surface area contributed by atoms with Crippen molar-refractivity contribution < 1.29 is 15.3 Å². The molecule has 0 aromatic rings. The summed E-state index contributed by atoms with van der Waals surface area (Å²) in [7, 11) is 0. The Hall–Kier alpha value is -0.800. The highest BCUT2D eigenvalue weighted by atomic mass is 16.3. The van der Waals surface area contributed by atoms with E-state index in [9.17, 15) is 15.3 Å². The molecule has 3 aliphatic carbocycles. The maximum absolute atomic E-state index is 10.6. The van der Waals surface area contributed by atoms with Crippen molar-refractivity contribution in [3.8, 4) is 0 Å². The SMILES string of the molecule is CC(C)C1=C(O)CC2=C(CCC3C(C)(CO)C[C@H](O)C[C@]23C)C1. The van der Waals surface area contributed by atoms with E-state index in [-0.39, 0.29) is 23.5 Å². The van der Waals surface area contributed by atoms with E-state index in [0.29, 0.717) is 30.4 Å². The molecule has 4 atom stereocenters. The molecule has 0 aliphatic heterocycles. The first-order valence-corrected chi connectivity index (χ1v) is 9.12.